The van der Waals surface area contributed by atoms with Crippen LogP contribution in [0.1, 0.15) is 5.69 Å². The van der Waals surface area contributed by atoms with Gasteiger partial charge in [-0.15, -0.1) is 9.78 Å². The Bertz CT molecular complexity index is 1460. The fourth-order valence-electron chi connectivity index (χ4n) is 2.82. The van der Waals surface area contributed by atoms with Gasteiger partial charge in [-0.05, 0) is 34.3 Å². The molecule has 1 N–H and O–H groups in total. The van der Waals surface area contributed by atoms with Crippen LogP contribution in [-0.4, -0.2) is 35.8 Å². The van der Waals surface area contributed by atoms with Gasteiger partial charge in [-0.25, -0.2) is 23.3 Å². The van der Waals surface area contributed by atoms with Gasteiger partial charge < -0.3 is 5.32 Å². The van der Waals surface area contributed by atoms with E-state index >= 15 is 0 Å². The standard InChI is InChI=1S/C17H13BrF4N6O4S/c1-25-11(17(20,21)22)6-12(29)27(15(25)31)10-5-9(7(18)4-8(10)19)23-13(30)28-16(32)26(2)14(24-28)33-3/h4-6H,1-3H3,(H,23,30). The molecular weight excluding hydrogens is 540 g/mol. The van der Waals surface area contributed by atoms with E-state index in [4.69, 9.17) is 0 Å². The molecule has 0 spiro atoms. The van der Waals surface area contributed by atoms with Crippen molar-refractivity contribution >= 4 is 39.4 Å². The molecule has 0 saturated heterocycles. The summed E-state index contributed by atoms with van der Waals surface area (Å²) in [7, 11) is 2.17. The fraction of sp³-hybridized carbons (Fsp3) is 0.235. The third-order valence-corrected chi connectivity index (χ3v) is 5.82. The second-order valence-electron chi connectivity index (χ2n) is 6.50. The predicted octanol–water partition coefficient (Wildman–Crippen LogP) is 2.15. The lowest BCUT2D eigenvalue weighted by Gasteiger charge is -2.15. The molecule has 0 unspecified atom stereocenters. The van der Waals surface area contributed by atoms with Crippen molar-refractivity contribution < 1.29 is 22.4 Å². The Morgan fingerprint density at radius 1 is 1.09 bits per heavy atom. The number of nitrogens with zero attached hydrogens (tertiary/aromatic N) is 5. The number of thioether (sulfide) groups is 1. The second-order valence-corrected chi connectivity index (χ2v) is 8.12. The first-order valence-electron chi connectivity index (χ1n) is 8.69. The third kappa shape index (κ3) is 4.39. The lowest BCUT2D eigenvalue weighted by molar-refractivity contribution is -0.144. The van der Waals surface area contributed by atoms with Crippen LogP contribution in [0.4, 0.5) is 28.0 Å². The van der Waals surface area contributed by atoms with Gasteiger partial charge in [0, 0.05) is 24.6 Å². The number of anilines is 1. The van der Waals surface area contributed by atoms with Crippen LogP contribution in [0.15, 0.2) is 42.2 Å². The summed E-state index contributed by atoms with van der Waals surface area (Å²) in [6, 6.07) is 0.764. The number of alkyl halides is 3. The number of benzene rings is 1. The van der Waals surface area contributed by atoms with Crippen molar-refractivity contribution in [1.29, 1.82) is 0 Å². The van der Waals surface area contributed by atoms with Crippen LogP contribution in [0.5, 0.6) is 0 Å². The number of amides is 1. The molecule has 0 radical (unpaired) electrons. The molecule has 0 aliphatic heterocycles. The SMILES string of the molecule is CSc1nn(C(=O)Nc2cc(-n3c(=O)cc(C(F)(F)F)n(C)c3=O)c(F)cc2Br)c(=O)n1C. The van der Waals surface area contributed by atoms with Crippen LogP contribution in [0.3, 0.4) is 0 Å². The summed E-state index contributed by atoms with van der Waals surface area (Å²) in [4.78, 5) is 49.5. The Labute approximate surface area is 193 Å². The second kappa shape index (κ2) is 8.66. The molecule has 1 amide bonds. The third-order valence-electron chi connectivity index (χ3n) is 4.45. The van der Waals surface area contributed by atoms with Gasteiger partial charge in [0.25, 0.3) is 5.56 Å². The Balaban J connectivity index is 2.13. The first-order chi connectivity index (χ1) is 15.3. The van der Waals surface area contributed by atoms with Gasteiger partial charge in [0.2, 0.25) is 0 Å². The zero-order valence-electron chi connectivity index (χ0n) is 16.9. The highest BCUT2D eigenvalue weighted by molar-refractivity contribution is 9.10. The van der Waals surface area contributed by atoms with E-state index in [0.717, 1.165) is 35.5 Å². The predicted molar refractivity (Wildman–Crippen MR) is 114 cm³/mol. The summed E-state index contributed by atoms with van der Waals surface area (Å²) in [5.74, 6) is -1.14. The molecule has 3 aromatic rings. The van der Waals surface area contributed by atoms with Crippen molar-refractivity contribution in [2.45, 2.75) is 11.3 Å². The average molecular weight is 553 g/mol. The molecule has 33 heavy (non-hydrogen) atoms. The molecule has 2 heterocycles. The van der Waals surface area contributed by atoms with Gasteiger partial charge in [0.1, 0.15) is 11.5 Å². The molecule has 0 atom stereocenters. The fourth-order valence-corrected chi connectivity index (χ4v) is 3.75. The normalized spacial score (nSPS) is 11.6. The lowest BCUT2D eigenvalue weighted by atomic mass is 10.2. The van der Waals surface area contributed by atoms with Crippen LogP contribution in [-0.2, 0) is 20.3 Å². The number of aromatic nitrogens is 5. The van der Waals surface area contributed by atoms with E-state index in [1.165, 1.54) is 7.05 Å². The number of hydrogen-bond acceptors (Lipinski definition) is 6. The molecule has 176 valence electrons. The number of rotatable bonds is 3. The summed E-state index contributed by atoms with van der Waals surface area (Å²) in [6.07, 6.45) is -3.36. The molecule has 16 heteroatoms. The first-order valence-corrected chi connectivity index (χ1v) is 10.7. The van der Waals surface area contributed by atoms with E-state index in [1.807, 2.05) is 0 Å². The van der Waals surface area contributed by atoms with Crippen LogP contribution >= 0.6 is 27.7 Å². The van der Waals surface area contributed by atoms with E-state index in [1.54, 1.807) is 6.26 Å². The Hall–Kier alpha value is -3.14. The average Bonchev–Trinajstić information content (AvgIpc) is 3.01. The van der Waals surface area contributed by atoms with E-state index in [2.05, 4.69) is 26.3 Å². The molecule has 3 rings (SSSR count). The lowest BCUT2D eigenvalue weighted by Crippen LogP contribution is -2.41. The van der Waals surface area contributed by atoms with Gasteiger partial charge in [-0.1, -0.05) is 11.8 Å². The summed E-state index contributed by atoms with van der Waals surface area (Å²) >= 11 is 4.11. The van der Waals surface area contributed by atoms with Gasteiger partial charge in [0.15, 0.2) is 5.16 Å². The Morgan fingerprint density at radius 2 is 1.73 bits per heavy atom. The highest BCUT2D eigenvalue weighted by Gasteiger charge is 2.35. The minimum Gasteiger partial charge on any atom is -0.305 e. The summed E-state index contributed by atoms with van der Waals surface area (Å²) < 4.78 is 55.7. The molecule has 0 aliphatic carbocycles. The molecule has 10 nitrogen and oxygen atoms in total. The minimum absolute atomic E-state index is 0.0389. The van der Waals surface area contributed by atoms with E-state index in [-0.39, 0.29) is 30.5 Å². The monoisotopic (exact) mass is 552 g/mol. The molecule has 2 aromatic heterocycles. The van der Waals surface area contributed by atoms with E-state index < -0.39 is 46.3 Å². The molecular formula is C17H13BrF4N6O4S. The number of hydrogen-bond donors (Lipinski definition) is 1. The molecule has 0 bridgehead atoms. The molecule has 0 fully saturated rings. The van der Waals surface area contributed by atoms with Gasteiger partial charge in [-0.2, -0.15) is 13.2 Å². The molecule has 0 saturated carbocycles. The summed E-state index contributed by atoms with van der Waals surface area (Å²) in [6.45, 7) is 0. The largest absolute Gasteiger partial charge is 0.431 e. The van der Waals surface area contributed by atoms with Gasteiger partial charge >= 0.3 is 23.6 Å². The van der Waals surface area contributed by atoms with Gasteiger partial charge in [-0.3, -0.25) is 13.9 Å². The Kier molecular flexibility index (Phi) is 6.43. The van der Waals surface area contributed by atoms with E-state index in [9.17, 15) is 36.7 Å². The quantitative estimate of drug-likeness (QED) is 0.393. The smallest absolute Gasteiger partial charge is 0.305 e. The maximum absolute atomic E-state index is 14.6. The Morgan fingerprint density at radius 3 is 2.27 bits per heavy atom. The number of nitrogens with one attached hydrogen (secondary N) is 1. The van der Waals surface area contributed by atoms with Crippen molar-refractivity contribution in [2.75, 3.05) is 11.6 Å². The maximum Gasteiger partial charge on any atom is 0.431 e. The van der Waals surface area contributed by atoms with Crippen LogP contribution < -0.4 is 22.3 Å². The number of halogens is 5. The van der Waals surface area contributed by atoms with Crippen molar-refractivity contribution in [3.05, 3.63) is 65.5 Å². The van der Waals surface area contributed by atoms with Crippen molar-refractivity contribution in [1.82, 2.24) is 23.5 Å². The van der Waals surface area contributed by atoms with Crippen LogP contribution in [0.25, 0.3) is 5.69 Å². The minimum atomic E-state index is -4.99. The highest BCUT2D eigenvalue weighted by Crippen LogP contribution is 2.29. The zero-order chi connectivity index (χ0) is 24.8. The summed E-state index contributed by atoms with van der Waals surface area (Å²) in [5.41, 5.74) is -6.09. The van der Waals surface area contributed by atoms with Crippen molar-refractivity contribution in [2.24, 2.45) is 14.1 Å². The number of carbonyl (C=O) groups excluding carboxylic acids is 1. The highest BCUT2D eigenvalue weighted by atomic mass is 79.9. The van der Waals surface area contributed by atoms with E-state index in [0.29, 0.717) is 4.68 Å². The van der Waals surface area contributed by atoms with Crippen molar-refractivity contribution in [3.63, 3.8) is 0 Å². The number of carbonyl (C=O) groups is 1. The topological polar surface area (TPSA) is 113 Å². The molecule has 0 aliphatic rings. The zero-order valence-corrected chi connectivity index (χ0v) is 19.3. The van der Waals surface area contributed by atoms with Gasteiger partial charge in [0.05, 0.1) is 11.4 Å². The van der Waals surface area contributed by atoms with Crippen LogP contribution in [0.2, 0.25) is 0 Å². The summed E-state index contributed by atoms with van der Waals surface area (Å²) in [5, 5.41) is 6.35. The maximum atomic E-state index is 14.6. The first kappa shape index (κ1) is 24.5. The van der Waals surface area contributed by atoms with Crippen molar-refractivity contribution in [3.8, 4) is 5.69 Å². The molecule has 1 aromatic carbocycles. The van der Waals surface area contributed by atoms with Crippen LogP contribution in [0, 0.1) is 5.82 Å².